The minimum atomic E-state index is -0.415. The molecule has 0 radical (unpaired) electrons. The molecule has 2 aliphatic rings. The molecule has 170 valence electrons. The van der Waals surface area contributed by atoms with Crippen molar-refractivity contribution in [3.63, 3.8) is 0 Å². The molecule has 8 nitrogen and oxygen atoms in total. The number of non-ortho nitro benzene ring substituents is 1. The Morgan fingerprint density at radius 3 is 2.12 bits per heavy atom. The van der Waals surface area contributed by atoms with Gasteiger partial charge in [0.15, 0.2) is 0 Å². The Balaban J connectivity index is 1.34. The molecule has 2 saturated heterocycles. The van der Waals surface area contributed by atoms with Crippen LogP contribution in [0.4, 0.5) is 21.9 Å². The lowest BCUT2D eigenvalue weighted by Crippen LogP contribution is -2.50. The monoisotopic (exact) mass is 477 g/mol. The second-order valence-electron chi connectivity index (χ2n) is 8.10. The summed E-state index contributed by atoms with van der Waals surface area (Å²) in [5.74, 6) is 0. The van der Waals surface area contributed by atoms with Gasteiger partial charge in [-0.25, -0.2) is 4.79 Å². The average molecular weight is 478 g/mol. The third-order valence-corrected chi connectivity index (χ3v) is 6.53. The standard InChI is InChI=1S/C22H25Cl2N5O3/c23-19-13-16(15-26-7-1-2-8-26)14-20(24)21(19)25-22(30)28-11-9-27(10-12-28)17-3-5-18(6-4-17)29(31)32/h3-6,13-14H,1-2,7-12,15H2,(H,25,30). The predicted octanol–water partition coefficient (Wildman–Crippen LogP) is 4.85. The van der Waals surface area contributed by atoms with E-state index in [1.807, 2.05) is 12.1 Å². The number of rotatable bonds is 5. The number of piperazine rings is 1. The number of nitrogens with one attached hydrogen (secondary N) is 1. The number of hydrogen-bond donors (Lipinski definition) is 1. The molecule has 0 atom stereocenters. The van der Waals surface area contributed by atoms with E-state index in [2.05, 4.69) is 15.1 Å². The van der Waals surface area contributed by atoms with Crippen LogP contribution in [0, 0.1) is 10.1 Å². The fourth-order valence-electron chi connectivity index (χ4n) is 4.17. The number of carbonyl (C=O) groups is 1. The molecule has 0 saturated carbocycles. The van der Waals surface area contributed by atoms with Crippen molar-refractivity contribution in [2.24, 2.45) is 0 Å². The van der Waals surface area contributed by atoms with E-state index in [9.17, 15) is 14.9 Å². The molecule has 0 bridgehead atoms. The molecular formula is C22H25Cl2N5O3. The third-order valence-electron chi connectivity index (χ3n) is 5.93. The normalized spacial score (nSPS) is 16.9. The van der Waals surface area contributed by atoms with Gasteiger partial charge in [-0.1, -0.05) is 23.2 Å². The summed E-state index contributed by atoms with van der Waals surface area (Å²) in [6, 6.07) is 9.94. The molecule has 2 aromatic rings. The summed E-state index contributed by atoms with van der Waals surface area (Å²) < 4.78 is 0. The van der Waals surface area contributed by atoms with E-state index in [1.165, 1.54) is 25.0 Å². The molecule has 1 N–H and O–H groups in total. The smallest absolute Gasteiger partial charge is 0.322 e. The molecule has 2 amide bonds. The Labute approximate surface area is 196 Å². The van der Waals surface area contributed by atoms with Gasteiger partial charge in [-0.2, -0.15) is 0 Å². The maximum Gasteiger partial charge on any atom is 0.322 e. The molecular weight excluding hydrogens is 453 g/mol. The highest BCUT2D eigenvalue weighted by atomic mass is 35.5. The summed E-state index contributed by atoms with van der Waals surface area (Å²) in [7, 11) is 0. The van der Waals surface area contributed by atoms with Crippen molar-refractivity contribution in [2.45, 2.75) is 19.4 Å². The third kappa shape index (κ3) is 5.26. The van der Waals surface area contributed by atoms with Gasteiger partial charge in [0.2, 0.25) is 0 Å². The van der Waals surface area contributed by atoms with E-state index in [4.69, 9.17) is 23.2 Å². The van der Waals surface area contributed by atoms with Gasteiger partial charge in [-0.15, -0.1) is 0 Å². The van der Waals surface area contributed by atoms with Gasteiger partial charge >= 0.3 is 6.03 Å². The molecule has 0 aliphatic carbocycles. The van der Waals surface area contributed by atoms with E-state index in [-0.39, 0.29) is 11.7 Å². The number of urea groups is 1. The van der Waals surface area contributed by atoms with Gasteiger partial charge in [0.1, 0.15) is 0 Å². The van der Waals surface area contributed by atoms with Crippen LogP contribution in [0.25, 0.3) is 0 Å². The molecule has 2 fully saturated rings. The van der Waals surface area contributed by atoms with Gasteiger partial charge in [0, 0.05) is 50.5 Å². The van der Waals surface area contributed by atoms with Crippen LogP contribution in [-0.4, -0.2) is 60.0 Å². The van der Waals surface area contributed by atoms with Crippen molar-refractivity contribution >= 4 is 46.3 Å². The molecule has 32 heavy (non-hydrogen) atoms. The minimum absolute atomic E-state index is 0.0620. The number of nitrogens with zero attached hydrogens (tertiary/aromatic N) is 4. The topological polar surface area (TPSA) is 82.0 Å². The van der Waals surface area contributed by atoms with Gasteiger partial charge < -0.3 is 15.1 Å². The fourth-order valence-corrected chi connectivity index (χ4v) is 4.80. The second-order valence-corrected chi connectivity index (χ2v) is 8.91. The van der Waals surface area contributed by atoms with Crippen LogP contribution in [0.2, 0.25) is 10.0 Å². The largest absolute Gasteiger partial charge is 0.368 e. The van der Waals surface area contributed by atoms with Crippen molar-refractivity contribution < 1.29 is 9.72 Å². The first-order valence-electron chi connectivity index (χ1n) is 10.7. The summed E-state index contributed by atoms with van der Waals surface area (Å²) in [5.41, 5.74) is 2.43. The average Bonchev–Trinajstić information content (AvgIpc) is 3.29. The highest BCUT2D eigenvalue weighted by Gasteiger charge is 2.23. The summed E-state index contributed by atoms with van der Waals surface area (Å²) in [4.78, 5) is 29.4. The van der Waals surface area contributed by atoms with Crippen LogP contribution < -0.4 is 10.2 Å². The highest BCUT2D eigenvalue weighted by Crippen LogP contribution is 2.33. The van der Waals surface area contributed by atoms with Crippen molar-refractivity contribution in [2.75, 3.05) is 49.5 Å². The molecule has 0 spiro atoms. The van der Waals surface area contributed by atoms with Crippen LogP contribution in [0.3, 0.4) is 0 Å². The Hall–Kier alpha value is -2.55. The van der Waals surface area contributed by atoms with Gasteiger partial charge in [-0.05, 0) is 55.8 Å². The lowest BCUT2D eigenvalue weighted by atomic mass is 10.2. The minimum Gasteiger partial charge on any atom is -0.368 e. The number of hydrogen-bond acceptors (Lipinski definition) is 5. The molecule has 4 rings (SSSR count). The number of nitro groups is 1. The SMILES string of the molecule is O=C(Nc1c(Cl)cc(CN2CCCC2)cc1Cl)N1CCN(c2ccc([N+](=O)[O-])cc2)CC1. The number of amides is 2. The van der Waals surface area contributed by atoms with E-state index in [1.54, 1.807) is 17.0 Å². The first-order chi connectivity index (χ1) is 15.4. The zero-order valence-corrected chi connectivity index (χ0v) is 19.1. The van der Waals surface area contributed by atoms with E-state index >= 15 is 0 Å². The van der Waals surface area contributed by atoms with Crippen molar-refractivity contribution in [1.29, 1.82) is 0 Å². The van der Waals surface area contributed by atoms with Crippen molar-refractivity contribution in [3.05, 3.63) is 62.1 Å². The first kappa shape index (κ1) is 22.6. The van der Waals surface area contributed by atoms with Gasteiger partial charge in [-0.3, -0.25) is 15.0 Å². The number of nitro benzene ring substituents is 1. The lowest BCUT2D eigenvalue weighted by molar-refractivity contribution is -0.384. The molecule has 10 heteroatoms. The van der Waals surface area contributed by atoms with Crippen molar-refractivity contribution in [1.82, 2.24) is 9.80 Å². The number of likely N-dealkylation sites (tertiary alicyclic amines) is 1. The maximum atomic E-state index is 12.8. The van der Waals surface area contributed by atoms with Crippen LogP contribution in [0.1, 0.15) is 18.4 Å². The Kier molecular flexibility index (Phi) is 7.03. The number of benzene rings is 2. The highest BCUT2D eigenvalue weighted by molar-refractivity contribution is 6.39. The lowest BCUT2D eigenvalue weighted by Gasteiger charge is -2.36. The van der Waals surface area contributed by atoms with Crippen LogP contribution >= 0.6 is 23.2 Å². The quantitative estimate of drug-likeness (QED) is 0.491. The van der Waals surface area contributed by atoms with Crippen molar-refractivity contribution in [3.8, 4) is 0 Å². The van der Waals surface area contributed by atoms with E-state index in [0.29, 0.717) is 41.9 Å². The number of carbonyl (C=O) groups excluding carboxylic acids is 1. The summed E-state index contributed by atoms with van der Waals surface area (Å²) >= 11 is 12.9. The molecule has 2 aliphatic heterocycles. The van der Waals surface area contributed by atoms with E-state index < -0.39 is 4.92 Å². The Morgan fingerprint density at radius 1 is 0.969 bits per heavy atom. The van der Waals surface area contributed by atoms with Gasteiger partial charge in [0.25, 0.3) is 5.69 Å². The van der Waals surface area contributed by atoms with Crippen LogP contribution in [0.5, 0.6) is 0 Å². The second kappa shape index (κ2) is 9.94. The molecule has 0 unspecified atom stereocenters. The number of anilines is 2. The zero-order chi connectivity index (χ0) is 22.7. The van der Waals surface area contributed by atoms with E-state index in [0.717, 1.165) is 30.9 Å². The summed E-state index contributed by atoms with van der Waals surface area (Å²) in [6.07, 6.45) is 2.43. The molecule has 2 aromatic carbocycles. The Bertz CT molecular complexity index is 965. The fraction of sp³-hybridized carbons (Fsp3) is 0.409. The van der Waals surface area contributed by atoms with Crippen LogP contribution in [0.15, 0.2) is 36.4 Å². The first-order valence-corrected chi connectivity index (χ1v) is 11.4. The van der Waals surface area contributed by atoms with Gasteiger partial charge in [0.05, 0.1) is 20.7 Å². The Morgan fingerprint density at radius 2 is 1.56 bits per heavy atom. The summed E-state index contributed by atoms with van der Waals surface area (Å²) in [5, 5.41) is 14.5. The molecule has 0 aromatic heterocycles. The maximum absolute atomic E-state index is 12.8. The number of halogens is 2. The summed E-state index contributed by atoms with van der Waals surface area (Å²) in [6.45, 7) is 5.26. The predicted molar refractivity (Wildman–Crippen MR) is 127 cm³/mol. The van der Waals surface area contributed by atoms with Crippen LogP contribution in [-0.2, 0) is 6.54 Å². The zero-order valence-electron chi connectivity index (χ0n) is 17.6. The molecule has 2 heterocycles.